The Morgan fingerprint density at radius 3 is 2.68 bits per heavy atom. The van der Waals surface area contributed by atoms with Crippen LogP contribution in [0.1, 0.15) is 10.5 Å². The second-order valence-corrected chi connectivity index (χ2v) is 4.04. The fourth-order valence-corrected chi connectivity index (χ4v) is 1.44. The predicted molar refractivity (Wildman–Crippen MR) is 68.7 cm³/mol. The van der Waals surface area contributed by atoms with Gasteiger partial charge in [0.25, 0.3) is 5.91 Å². The lowest BCUT2D eigenvalue weighted by atomic mass is 10.3. The number of nitrogens with zero attached hydrogens (tertiary/aromatic N) is 1. The third-order valence-electron chi connectivity index (χ3n) is 2.25. The molecule has 2 aromatic rings. The molecule has 0 aliphatic rings. The van der Waals surface area contributed by atoms with E-state index in [1.807, 2.05) is 0 Å². The highest BCUT2D eigenvalue weighted by molar-refractivity contribution is 6.30. The molecular formula is C12H9ClFN3O2. The maximum Gasteiger partial charge on any atom is 0.267 e. The van der Waals surface area contributed by atoms with Gasteiger partial charge in [0.15, 0.2) is 0 Å². The number of halogens is 2. The molecule has 0 radical (unpaired) electrons. The Hall–Kier alpha value is -2.34. The van der Waals surface area contributed by atoms with Gasteiger partial charge in [0.05, 0.1) is 10.7 Å². The number of hydrogen-bond acceptors (Lipinski definition) is 4. The van der Waals surface area contributed by atoms with E-state index in [1.54, 1.807) is 0 Å². The van der Waals surface area contributed by atoms with Gasteiger partial charge in [-0.2, -0.15) is 0 Å². The van der Waals surface area contributed by atoms with Crippen molar-refractivity contribution in [3.05, 3.63) is 46.9 Å². The predicted octanol–water partition coefficient (Wildman–Crippen LogP) is 2.35. The number of nitrogen functional groups attached to an aromatic ring is 1. The van der Waals surface area contributed by atoms with Crippen molar-refractivity contribution in [2.75, 3.05) is 5.73 Å². The van der Waals surface area contributed by atoms with Crippen LogP contribution >= 0.6 is 11.6 Å². The average Bonchev–Trinajstić information content (AvgIpc) is 2.36. The first-order valence-corrected chi connectivity index (χ1v) is 5.54. The average molecular weight is 282 g/mol. The van der Waals surface area contributed by atoms with Crippen LogP contribution in [0.5, 0.6) is 11.6 Å². The van der Waals surface area contributed by atoms with E-state index in [0.29, 0.717) is 0 Å². The van der Waals surface area contributed by atoms with Crippen molar-refractivity contribution in [2.24, 2.45) is 5.73 Å². The van der Waals surface area contributed by atoms with Gasteiger partial charge < -0.3 is 16.2 Å². The van der Waals surface area contributed by atoms with Crippen molar-refractivity contribution in [1.29, 1.82) is 0 Å². The summed E-state index contributed by atoms with van der Waals surface area (Å²) in [6.45, 7) is 0. The molecule has 1 aromatic heterocycles. The minimum absolute atomic E-state index is 0.00126. The fourth-order valence-electron chi connectivity index (χ4n) is 1.32. The van der Waals surface area contributed by atoms with Crippen molar-refractivity contribution in [1.82, 2.24) is 4.98 Å². The molecule has 1 heterocycles. The van der Waals surface area contributed by atoms with Gasteiger partial charge in [-0.1, -0.05) is 11.6 Å². The van der Waals surface area contributed by atoms with E-state index >= 15 is 0 Å². The summed E-state index contributed by atoms with van der Waals surface area (Å²) in [6.07, 6.45) is 0. The standard InChI is InChI=1S/C12H9ClFN3O2/c13-7-2-1-6(5-8(7)14)19-12-9(15)3-4-10(17-12)11(16)18/h1-5H,15H2,(H2,16,18). The third kappa shape index (κ3) is 2.92. The van der Waals surface area contributed by atoms with Crippen LogP contribution in [-0.4, -0.2) is 10.9 Å². The van der Waals surface area contributed by atoms with Gasteiger partial charge in [0, 0.05) is 6.07 Å². The summed E-state index contributed by atoms with van der Waals surface area (Å²) in [5.41, 5.74) is 10.9. The SMILES string of the molecule is NC(=O)c1ccc(N)c(Oc2ccc(Cl)c(F)c2)n1. The van der Waals surface area contributed by atoms with Crippen LogP contribution in [0.25, 0.3) is 0 Å². The summed E-state index contributed by atoms with van der Waals surface area (Å²) in [6, 6.07) is 6.66. The van der Waals surface area contributed by atoms with Gasteiger partial charge >= 0.3 is 0 Å². The van der Waals surface area contributed by atoms with Gasteiger partial charge in [-0.3, -0.25) is 4.79 Å². The molecule has 1 aromatic carbocycles. The van der Waals surface area contributed by atoms with Gasteiger partial charge in [-0.05, 0) is 24.3 Å². The molecule has 4 N–H and O–H groups in total. The van der Waals surface area contributed by atoms with Crippen LogP contribution < -0.4 is 16.2 Å². The Balaban J connectivity index is 2.34. The summed E-state index contributed by atoms with van der Waals surface area (Å²) < 4.78 is 18.5. The molecule has 0 spiro atoms. The van der Waals surface area contributed by atoms with E-state index in [2.05, 4.69) is 4.98 Å². The van der Waals surface area contributed by atoms with Gasteiger partial charge in [-0.15, -0.1) is 0 Å². The number of aromatic nitrogens is 1. The zero-order valence-electron chi connectivity index (χ0n) is 9.56. The zero-order chi connectivity index (χ0) is 14.0. The van der Waals surface area contributed by atoms with Crippen molar-refractivity contribution in [3.8, 4) is 11.6 Å². The summed E-state index contributed by atoms with van der Waals surface area (Å²) >= 11 is 5.55. The summed E-state index contributed by atoms with van der Waals surface area (Å²) in [5, 5.41) is -0.0285. The van der Waals surface area contributed by atoms with E-state index in [-0.39, 0.29) is 28.0 Å². The second-order valence-electron chi connectivity index (χ2n) is 3.63. The van der Waals surface area contributed by atoms with Crippen LogP contribution in [0.15, 0.2) is 30.3 Å². The normalized spacial score (nSPS) is 10.2. The van der Waals surface area contributed by atoms with Crippen molar-refractivity contribution >= 4 is 23.2 Å². The van der Waals surface area contributed by atoms with Gasteiger partial charge in [0.1, 0.15) is 17.3 Å². The number of pyridine rings is 1. The van der Waals surface area contributed by atoms with Gasteiger partial charge in [0.2, 0.25) is 5.88 Å². The van der Waals surface area contributed by atoms with Crippen molar-refractivity contribution in [2.45, 2.75) is 0 Å². The molecule has 0 aliphatic heterocycles. The number of rotatable bonds is 3. The van der Waals surface area contributed by atoms with E-state index < -0.39 is 11.7 Å². The Labute approximate surface area is 112 Å². The van der Waals surface area contributed by atoms with Crippen LogP contribution in [0.4, 0.5) is 10.1 Å². The van der Waals surface area contributed by atoms with Crippen LogP contribution in [0.2, 0.25) is 5.02 Å². The molecule has 2 rings (SSSR count). The van der Waals surface area contributed by atoms with Crippen LogP contribution in [-0.2, 0) is 0 Å². The maximum absolute atomic E-state index is 13.3. The van der Waals surface area contributed by atoms with Gasteiger partial charge in [-0.25, -0.2) is 9.37 Å². The van der Waals surface area contributed by atoms with Crippen LogP contribution in [0.3, 0.4) is 0 Å². The lowest BCUT2D eigenvalue weighted by molar-refractivity contribution is 0.0995. The van der Waals surface area contributed by atoms with E-state index in [0.717, 1.165) is 6.07 Å². The Morgan fingerprint density at radius 2 is 2.05 bits per heavy atom. The fraction of sp³-hybridized carbons (Fsp3) is 0. The monoisotopic (exact) mass is 281 g/mol. The van der Waals surface area contributed by atoms with Crippen LogP contribution in [0, 0.1) is 5.82 Å². The molecule has 0 saturated carbocycles. The van der Waals surface area contributed by atoms with Crippen molar-refractivity contribution < 1.29 is 13.9 Å². The Kier molecular flexibility index (Phi) is 3.52. The first-order valence-electron chi connectivity index (χ1n) is 5.16. The second kappa shape index (κ2) is 5.11. The molecule has 7 heteroatoms. The lowest BCUT2D eigenvalue weighted by Crippen LogP contribution is -2.13. The molecule has 5 nitrogen and oxygen atoms in total. The largest absolute Gasteiger partial charge is 0.437 e. The molecule has 0 aliphatic carbocycles. The first-order chi connectivity index (χ1) is 8.97. The molecular weight excluding hydrogens is 273 g/mol. The van der Waals surface area contributed by atoms with E-state index in [1.165, 1.54) is 24.3 Å². The highest BCUT2D eigenvalue weighted by Crippen LogP contribution is 2.27. The first kappa shape index (κ1) is 13.1. The summed E-state index contributed by atoms with van der Waals surface area (Å²) in [4.78, 5) is 14.8. The molecule has 0 bridgehead atoms. The highest BCUT2D eigenvalue weighted by atomic mass is 35.5. The number of amides is 1. The number of anilines is 1. The number of carbonyl (C=O) groups excluding carboxylic acids is 1. The molecule has 0 unspecified atom stereocenters. The quantitative estimate of drug-likeness (QED) is 0.903. The molecule has 0 atom stereocenters. The smallest absolute Gasteiger partial charge is 0.267 e. The molecule has 98 valence electrons. The maximum atomic E-state index is 13.3. The number of hydrogen-bond donors (Lipinski definition) is 2. The molecule has 1 amide bonds. The number of ether oxygens (including phenoxy) is 1. The number of primary amides is 1. The van der Waals surface area contributed by atoms with E-state index in [4.69, 9.17) is 27.8 Å². The Morgan fingerprint density at radius 1 is 1.32 bits per heavy atom. The Bertz CT molecular complexity index is 649. The number of carbonyl (C=O) groups is 1. The minimum atomic E-state index is -0.716. The molecule has 0 fully saturated rings. The minimum Gasteiger partial charge on any atom is -0.437 e. The van der Waals surface area contributed by atoms with E-state index in [9.17, 15) is 9.18 Å². The zero-order valence-corrected chi connectivity index (χ0v) is 10.3. The third-order valence-corrected chi connectivity index (χ3v) is 2.55. The highest BCUT2D eigenvalue weighted by Gasteiger charge is 2.10. The lowest BCUT2D eigenvalue weighted by Gasteiger charge is -2.08. The summed E-state index contributed by atoms with van der Waals surface area (Å²) in [7, 11) is 0. The number of nitrogens with two attached hydrogens (primary N) is 2. The van der Waals surface area contributed by atoms with Crippen molar-refractivity contribution in [3.63, 3.8) is 0 Å². The molecule has 0 saturated heterocycles. The summed E-state index contributed by atoms with van der Waals surface area (Å²) in [5.74, 6) is -1.23. The topological polar surface area (TPSA) is 91.2 Å². The molecule has 19 heavy (non-hydrogen) atoms. The number of benzene rings is 1.